The van der Waals surface area contributed by atoms with Crippen LogP contribution in [0.1, 0.15) is 61.3 Å². The SMILES string of the molecule is Cc1cc(C(F)(F)F)ccc1C(N)C1CCCCCC1. The van der Waals surface area contributed by atoms with Gasteiger partial charge in [0, 0.05) is 6.04 Å². The van der Waals surface area contributed by atoms with Crippen molar-refractivity contribution in [3.8, 4) is 0 Å². The number of alkyl halides is 3. The molecule has 2 rings (SSSR count). The van der Waals surface area contributed by atoms with Crippen LogP contribution in [0.25, 0.3) is 0 Å². The molecule has 0 saturated heterocycles. The standard InChI is InChI=1S/C16H22F3N/c1-11-10-13(16(17,18)19)8-9-14(11)15(20)12-6-4-2-3-5-7-12/h8-10,12,15H,2-7,20H2,1H3. The van der Waals surface area contributed by atoms with Crippen LogP contribution in [0, 0.1) is 12.8 Å². The molecule has 0 aliphatic heterocycles. The number of hydrogen-bond acceptors (Lipinski definition) is 1. The minimum Gasteiger partial charge on any atom is -0.324 e. The Morgan fingerprint density at radius 2 is 1.70 bits per heavy atom. The summed E-state index contributed by atoms with van der Waals surface area (Å²) in [7, 11) is 0. The summed E-state index contributed by atoms with van der Waals surface area (Å²) in [5, 5.41) is 0. The van der Waals surface area contributed by atoms with E-state index in [2.05, 4.69) is 0 Å². The van der Waals surface area contributed by atoms with Crippen molar-refractivity contribution in [3.05, 3.63) is 34.9 Å². The highest BCUT2D eigenvalue weighted by Gasteiger charge is 2.31. The first-order chi connectivity index (χ1) is 9.39. The van der Waals surface area contributed by atoms with Gasteiger partial charge in [-0.05, 0) is 48.9 Å². The third-order valence-electron chi connectivity index (χ3n) is 4.36. The van der Waals surface area contributed by atoms with E-state index in [0.29, 0.717) is 11.5 Å². The van der Waals surface area contributed by atoms with E-state index in [0.717, 1.165) is 24.5 Å². The second kappa shape index (κ2) is 6.17. The fourth-order valence-electron chi connectivity index (χ4n) is 3.15. The van der Waals surface area contributed by atoms with E-state index < -0.39 is 11.7 Å². The van der Waals surface area contributed by atoms with Crippen LogP contribution in [0.2, 0.25) is 0 Å². The van der Waals surface area contributed by atoms with E-state index in [4.69, 9.17) is 5.73 Å². The molecule has 20 heavy (non-hydrogen) atoms. The minimum atomic E-state index is -4.28. The maximum absolute atomic E-state index is 12.7. The summed E-state index contributed by atoms with van der Waals surface area (Å²) in [6.45, 7) is 1.72. The molecule has 0 aromatic heterocycles. The van der Waals surface area contributed by atoms with Gasteiger partial charge in [0.2, 0.25) is 0 Å². The molecule has 1 aromatic rings. The molecular formula is C16H22F3N. The predicted molar refractivity (Wildman–Crippen MR) is 74.3 cm³/mol. The molecule has 1 aliphatic carbocycles. The fourth-order valence-corrected chi connectivity index (χ4v) is 3.15. The third kappa shape index (κ3) is 3.54. The minimum absolute atomic E-state index is 0.143. The molecule has 112 valence electrons. The highest BCUT2D eigenvalue weighted by molar-refractivity contribution is 5.34. The molecule has 0 radical (unpaired) electrons. The Balaban J connectivity index is 2.19. The maximum Gasteiger partial charge on any atom is 0.416 e. The first-order valence-electron chi connectivity index (χ1n) is 7.33. The van der Waals surface area contributed by atoms with E-state index >= 15 is 0 Å². The van der Waals surface area contributed by atoms with Gasteiger partial charge in [0.1, 0.15) is 0 Å². The summed E-state index contributed by atoms with van der Waals surface area (Å²) in [6.07, 6.45) is 2.74. The molecule has 4 heteroatoms. The van der Waals surface area contributed by atoms with Gasteiger partial charge in [0.05, 0.1) is 5.56 Å². The van der Waals surface area contributed by atoms with Crippen LogP contribution in [-0.4, -0.2) is 0 Å². The summed E-state index contributed by atoms with van der Waals surface area (Å²) in [5.74, 6) is 0.396. The summed E-state index contributed by atoms with van der Waals surface area (Å²) in [6, 6.07) is 3.79. The number of halogens is 3. The van der Waals surface area contributed by atoms with E-state index in [-0.39, 0.29) is 6.04 Å². The van der Waals surface area contributed by atoms with Crippen molar-refractivity contribution in [1.29, 1.82) is 0 Å². The van der Waals surface area contributed by atoms with E-state index in [1.54, 1.807) is 13.0 Å². The first-order valence-corrected chi connectivity index (χ1v) is 7.33. The zero-order chi connectivity index (χ0) is 14.8. The third-order valence-corrected chi connectivity index (χ3v) is 4.36. The molecule has 0 bridgehead atoms. The average Bonchev–Trinajstić information content (AvgIpc) is 2.65. The fraction of sp³-hybridized carbons (Fsp3) is 0.625. The Kier molecular flexibility index (Phi) is 4.74. The lowest BCUT2D eigenvalue weighted by Gasteiger charge is -2.24. The topological polar surface area (TPSA) is 26.0 Å². The van der Waals surface area contributed by atoms with E-state index in [1.807, 2.05) is 0 Å². The quantitative estimate of drug-likeness (QED) is 0.762. The lowest BCUT2D eigenvalue weighted by atomic mass is 9.85. The number of rotatable bonds is 2. The van der Waals surface area contributed by atoms with Gasteiger partial charge in [-0.1, -0.05) is 31.7 Å². The molecule has 2 N–H and O–H groups in total. The highest BCUT2D eigenvalue weighted by Crippen LogP contribution is 2.36. The molecule has 1 fully saturated rings. The van der Waals surface area contributed by atoms with Crippen molar-refractivity contribution in [2.75, 3.05) is 0 Å². The Morgan fingerprint density at radius 1 is 1.10 bits per heavy atom. The molecule has 1 aliphatic rings. The van der Waals surface area contributed by atoms with Crippen molar-refractivity contribution >= 4 is 0 Å². The Bertz CT molecular complexity index is 446. The largest absolute Gasteiger partial charge is 0.416 e. The molecule has 1 saturated carbocycles. The zero-order valence-electron chi connectivity index (χ0n) is 11.8. The van der Waals surface area contributed by atoms with Crippen LogP contribution < -0.4 is 5.73 Å². The molecule has 0 heterocycles. The van der Waals surface area contributed by atoms with E-state index in [1.165, 1.54) is 31.7 Å². The van der Waals surface area contributed by atoms with Crippen molar-refractivity contribution in [2.24, 2.45) is 11.7 Å². The summed E-state index contributed by atoms with van der Waals surface area (Å²) < 4.78 is 38.0. The van der Waals surface area contributed by atoms with Gasteiger partial charge >= 0.3 is 6.18 Å². The summed E-state index contributed by atoms with van der Waals surface area (Å²) in [5.41, 5.74) is 7.24. The second-order valence-corrected chi connectivity index (χ2v) is 5.85. The molecule has 0 amide bonds. The Labute approximate surface area is 118 Å². The van der Waals surface area contributed by atoms with Gasteiger partial charge in [-0.15, -0.1) is 0 Å². The van der Waals surface area contributed by atoms with Gasteiger partial charge in [-0.2, -0.15) is 13.2 Å². The van der Waals surface area contributed by atoms with Crippen LogP contribution in [0.4, 0.5) is 13.2 Å². The molecular weight excluding hydrogens is 263 g/mol. The zero-order valence-corrected chi connectivity index (χ0v) is 11.8. The lowest BCUT2D eigenvalue weighted by molar-refractivity contribution is -0.137. The van der Waals surface area contributed by atoms with Crippen molar-refractivity contribution < 1.29 is 13.2 Å². The molecule has 1 aromatic carbocycles. The van der Waals surface area contributed by atoms with Crippen molar-refractivity contribution in [1.82, 2.24) is 0 Å². The second-order valence-electron chi connectivity index (χ2n) is 5.85. The predicted octanol–water partition coefficient (Wildman–Crippen LogP) is 4.98. The normalized spacial score (nSPS) is 19.6. The molecule has 1 unspecified atom stereocenters. The number of aryl methyl sites for hydroxylation is 1. The smallest absolute Gasteiger partial charge is 0.324 e. The van der Waals surface area contributed by atoms with Gasteiger partial charge in [-0.25, -0.2) is 0 Å². The first kappa shape index (κ1) is 15.4. The van der Waals surface area contributed by atoms with Gasteiger partial charge in [-0.3, -0.25) is 0 Å². The summed E-state index contributed by atoms with van der Waals surface area (Å²) in [4.78, 5) is 0. The number of hydrogen-bond donors (Lipinski definition) is 1. The number of nitrogens with two attached hydrogens (primary N) is 1. The number of benzene rings is 1. The van der Waals surface area contributed by atoms with Gasteiger partial charge in [0.15, 0.2) is 0 Å². The van der Waals surface area contributed by atoms with Crippen LogP contribution in [0.15, 0.2) is 18.2 Å². The van der Waals surface area contributed by atoms with Crippen LogP contribution >= 0.6 is 0 Å². The summed E-state index contributed by atoms with van der Waals surface area (Å²) >= 11 is 0. The maximum atomic E-state index is 12.7. The Hall–Kier alpha value is -1.03. The van der Waals surface area contributed by atoms with Gasteiger partial charge in [0.25, 0.3) is 0 Å². The van der Waals surface area contributed by atoms with Crippen LogP contribution in [0.5, 0.6) is 0 Å². The Morgan fingerprint density at radius 3 is 2.20 bits per heavy atom. The van der Waals surface area contributed by atoms with Gasteiger partial charge < -0.3 is 5.73 Å². The monoisotopic (exact) mass is 285 g/mol. The average molecular weight is 285 g/mol. The van der Waals surface area contributed by atoms with Crippen molar-refractivity contribution in [3.63, 3.8) is 0 Å². The molecule has 0 spiro atoms. The van der Waals surface area contributed by atoms with Crippen LogP contribution in [0.3, 0.4) is 0 Å². The molecule has 1 nitrogen and oxygen atoms in total. The lowest BCUT2D eigenvalue weighted by Crippen LogP contribution is -2.22. The molecule has 1 atom stereocenters. The van der Waals surface area contributed by atoms with Crippen LogP contribution in [-0.2, 0) is 6.18 Å². The van der Waals surface area contributed by atoms with E-state index in [9.17, 15) is 13.2 Å². The highest BCUT2D eigenvalue weighted by atomic mass is 19.4. The van der Waals surface area contributed by atoms with Crippen molar-refractivity contribution in [2.45, 2.75) is 57.7 Å².